The Hall–Kier alpha value is -3.12. The van der Waals surface area contributed by atoms with Crippen LogP contribution in [-0.2, 0) is 26.3 Å². The van der Waals surface area contributed by atoms with Crippen LogP contribution in [0.15, 0.2) is 55.0 Å². The number of imidazole rings is 1. The van der Waals surface area contributed by atoms with Crippen LogP contribution in [0.3, 0.4) is 0 Å². The third-order valence-corrected chi connectivity index (χ3v) is 7.09. The van der Waals surface area contributed by atoms with Crippen LogP contribution >= 0.6 is 11.3 Å². The average Bonchev–Trinajstić information content (AvgIpc) is 3.34. The number of carbonyl (C=O) groups is 1. The van der Waals surface area contributed by atoms with Gasteiger partial charge in [-0.1, -0.05) is 18.2 Å². The van der Waals surface area contributed by atoms with E-state index in [-0.39, 0.29) is 17.8 Å². The number of carbonyl (C=O) groups excluding carboxylic acids is 1. The van der Waals surface area contributed by atoms with E-state index in [1.54, 1.807) is 6.33 Å². The van der Waals surface area contributed by atoms with Crippen LogP contribution in [0.25, 0.3) is 21.7 Å². The summed E-state index contributed by atoms with van der Waals surface area (Å²) in [4.78, 5) is 18.7. The van der Waals surface area contributed by atoms with E-state index in [2.05, 4.69) is 23.2 Å². The van der Waals surface area contributed by atoms with Gasteiger partial charge >= 0.3 is 0 Å². The van der Waals surface area contributed by atoms with Crippen LogP contribution < -0.4 is 0 Å². The molecule has 0 radical (unpaired) electrons. The molecule has 0 fully saturated rings. The molecule has 0 spiro atoms. The Balaban J connectivity index is 1.53. The van der Waals surface area contributed by atoms with Gasteiger partial charge in [0.1, 0.15) is 11.6 Å². The van der Waals surface area contributed by atoms with E-state index in [1.807, 2.05) is 23.9 Å². The number of hydrogen-bond acceptors (Lipinski definition) is 3. The van der Waals surface area contributed by atoms with Crippen molar-refractivity contribution in [2.45, 2.75) is 25.7 Å². The fraction of sp³-hybridized carbons (Fsp3) is 0.200. The first kappa shape index (κ1) is 19.8. The molecule has 2 aromatic carbocycles. The second kappa shape index (κ2) is 7.85. The number of halogens is 2. The van der Waals surface area contributed by atoms with Gasteiger partial charge < -0.3 is 4.57 Å². The van der Waals surface area contributed by atoms with Crippen molar-refractivity contribution in [3.63, 3.8) is 0 Å². The molecule has 1 aliphatic rings. The van der Waals surface area contributed by atoms with Gasteiger partial charge in [-0.3, -0.25) is 4.79 Å². The zero-order valence-corrected chi connectivity index (χ0v) is 17.8. The molecule has 31 heavy (non-hydrogen) atoms. The van der Waals surface area contributed by atoms with Gasteiger partial charge in [-0.25, -0.2) is 13.8 Å². The zero-order valence-electron chi connectivity index (χ0n) is 17.0. The van der Waals surface area contributed by atoms with E-state index < -0.39 is 11.6 Å². The highest BCUT2D eigenvalue weighted by molar-refractivity contribution is 7.17. The molecule has 2 aromatic heterocycles. The zero-order chi connectivity index (χ0) is 21.5. The molecule has 2 heterocycles. The topological polar surface area (TPSA) is 34.9 Å². The number of hydrogen-bond donors (Lipinski definition) is 0. The first-order chi connectivity index (χ1) is 15.0. The second-order valence-corrected chi connectivity index (χ2v) is 8.93. The second-order valence-electron chi connectivity index (χ2n) is 7.88. The van der Waals surface area contributed by atoms with Crippen LogP contribution in [0.1, 0.15) is 32.8 Å². The molecule has 3 nitrogen and oxygen atoms in total. The molecule has 0 atom stereocenters. The molecule has 6 heteroatoms. The normalized spacial score (nSPS) is 12.9. The summed E-state index contributed by atoms with van der Waals surface area (Å²) in [6, 6.07) is 12.0. The number of aromatic nitrogens is 2. The van der Waals surface area contributed by atoms with E-state index in [0.717, 1.165) is 46.5 Å². The van der Waals surface area contributed by atoms with Gasteiger partial charge in [-0.05, 0) is 60.2 Å². The highest BCUT2D eigenvalue weighted by Gasteiger charge is 2.22. The summed E-state index contributed by atoms with van der Waals surface area (Å²) in [7, 11) is 1.96. The molecule has 0 unspecified atom stereocenters. The Labute approximate surface area is 183 Å². The van der Waals surface area contributed by atoms with Crippen molar-refractivity contribution in [2.75, 3.05) is 0 Å². The van der Waals surface area contributed by atoms with Crippen LogP contribution in [0.2, 0.25) is 0 Å². The third kappa shape index (κ3) is 3.61. The van der Waals surface area contributed by atoms with E-state index in [9.17, 15) is 13.6 Å². The Morgan fingerprint density at radius 1 is 1.10 bits per heavy atom. The largest absolute Gasteiger partial charge is 0.334 e. The number of ketones is 1. The molecule has 0 bridgehead atoms. The molecule has 0 saturated carbocycles. The Morgan fingerprint density at radius 2 is 1.87 bits per heavy atom. The maximum atomic E-state index is 14.0. The maximum absolute atomic E-state index is 14.0. The quantitative estimate of drug-likeness (QED) is 0.369. The van der Waals surface area contributed by atoms with Gasteiger partial charge in [0, 0.05) is 29.5 Å². The number of benzene rings is 2. The molecule has 5 rings (SSSR count). The van der Waals surface area contributed by atoms with Crippen LogP contribution in [0.5, 0.6) is 0 Å². The van der Waals surface area contributed by atoms with E-state index in [4.69, 9.17) is 0 Å². The van der Waals surface area contributed by atoms with Crippen molar-refractivity contribution < 1.29 is 13.6 Å². The summed E-state index contributed by atoms with van der Waals surface area (Å²) in [6.45, 7) is 0. The van der Waals surface area contributed by atoms with E-state index in [0.29, 0.717) is 4.88 Å². The highest BCUT2D eigenvalue weighted by atomic mass is 32.1. The minimum absolute atomic E-state index is 0.171. The first-order valence-corrected chi connectivity index (χ1v) is 11.0. The predicted molar refractivity (Wildman–Crippen MR) is 118 cm³/mol. The lowest BCUT2D eigenvalue weighted by Gasteiger charge is -2.10. The van der Waals surface area contributed by atoms with Gasteiger partial charge in [-0.15, -0.1) is 11.3 Å². The molecular weight excluding hydrogens is 414 g/mol. The predicted octanol–water partition coefficient (Wildman–Crippen LogP) is 6.01. The number of nitrogens with zero attached hydrogens (tertiary/aromatic N) is 2. The monoisotopic (exact) mass is 434 g/mol. The Bertz CT molecular complexity index is 1280. The lowest BCUT2D eigenvalue weighted by molar-refractivity contribution is 0.0994. The summed E-state index contributed by atoms with van der Waals surface area (Å²) in [5, 5.41) is 0. The van der Waals surface area contributed by atoms with Crippen LogP contribution in [-0.4, -0.2) is 15.3 Å². The average molecular weight is 435 g/mol. The minimum atomic E-state index is -0.683. The number of aryl methyl sites for hydroxylation is 3. The summed E-state index contributed by atoms with van der Waals surface area (Å²) in [5.74, 6) is -1.62. The van der Waals surface area contributed by atoms with Crippen molar-refractivity contribution in [2.24, 2.45) is 7.05 Å². The fourth-order valence-electron chi connectivity index (χ4n) is 4.20. The third-order valence-electron chi connectivity index (χ3n) is 5.84. The van der Waals surface area contributed by atoms with E-state index >= 15 is 0 Å². The molecule has 0 N–H and O–H groups in total. The molecule has 1 aliphatic carbocycles. The number of fused-ring (bicyclic) bond motifs is 3. The standard InChI is InChI=1S/C25H20F2N2OS/c1-29-14-28-13-22(29)16-9-8-15-4-2-5-17-11-24(31-25(17)18(15)10-16)23(30)12-19-20(26)6-3-7-21(19)27/h3,6-11,13-14H,2,4-5,12H2,1H3. The van der Waals surface area contributed by atoms with Crippen molar-refractivity contribution in [3.8, 4) is 21.7 Å². The number of thiophene rings is 1. The van der Waals surface area contributed by atoms with Crippen molar-refractivity contribution >= 4 is 17.1 Å². The number of rotatable bonds is 4. The van der Waals surface area contributed by atoms with Crippen molar-refractivity contribution in [1.82, 2.24) is 9.55 Å². The minimum Gasteiger partial charge on any atom is -0.334 e. The molecule has 156 valence electrons. The molecule has 0 aliphatic heterocycles. The van der Waals surface area contributed by atoms with Crippen molar-refractivity contribution in [1.29, 1.82) is 0 Å². The summed E-state index contributed by atoms with van der Waals surface area (Å²) >= 11 is 1.42. The van der Waals surface area contributed by atoms with Crippen molar-refractivity contribution in [3.05, 3.63) is 88.2 Å². The Kier molecular flexibility index (Phi) is 5.02. The van der Waals surface area contributed by atoms with Crippen LogP contribution in [0.4, 0.5) is 8.78 Å². The van der Waals surface area contributed by atoms with E-state index in [1.165, 1.54) is 35.1 Å². The maximum Gasteiger partial charge on any atom is 0.177 e. The molecule has 0 saturated heterocycles. The van der Waals surface area contributed by atoms with Gasteiger partial charge in [0.25, 0.3) is 0 Å². The summed E-state index contributed by atoms with van der Waals surface area (Å²) < 4.78 is 30.0. The molecule has 0 amide bonds. The fourth-order valence-corrected chi connectivity index (χ4v) is 5.40. The lowest BCUT2D eigenvalue weighted by atomic mass is 9.99. The lowest BCUT2D eigenvalue weighted by Crippen LogP contribution is -2.05. The van der Waals surface area contributed by atoms with Gasteiger partial charge in [0.05, 0.1) is 23.1 Å². The molecule has 4 aromatic rings. The van der Waals surface area contributed by atoms with Crippen LogP contribution in [0, 0.1) is 11.6 Å². The van der Waals surface area contributed by atoms with Gasteiger partial charge in [0.2, 0.25) is 0 Å². The van der Waals surface area contributed by atoms with Gasteiger partial charge in [-0.2, -0.15) is 0 Å². The van der Waals surface area contributed by atoms with Gasteiger partial charge in [0.15, 0.2) is 5.78 Å². The molecular formula is C25H20F2N2OS. The Morgan fingerprint density at radius 3 is 2.61 bits per heavy atom. The smallest absolute Gasteiger partial charge is 0.177 e. The number of Topliss-reactive ketones (excluding diaryl/α,β-unsaturated/α-hetero) is 1. The highest BCUT2D eigenvalue weighted by Crippen LogP contribution is 2.41. The first-order valence-electron chi connectivity index (χ1n) is 10.2. The summed E-state index contributed by atoms with van der Waals surface area (Å²) in [5.41, 5.74) is 5.44. The SMILES string of the molecule is Cn1cncc1-c1ccc2c(c1)-c1sc(C(=O)Cc3c(F)cccc3F)cc1CCC2. The summed E-state index contributed by atoms with van der Waals surface area (Å²) in [6.07, 6.45) is 6.19.